The van der Waals surface area contributed by atoms with Gasteiger partial charge >= 0.3 is 0 Å². The SMILES string of the molecule is CC(=O)NC1(CCC(C)(C)C)C(=O)C(N2Cc3ccc(NS(C)(=O)=O)cc3S(O)(O)N2)=C(O)c2ccccc21. The summed E-state index contributed by atoms with van der Waals surface area (Å²) >= 11 is 0. The minimum Gasteiger partial charge on any atom is -0.505 e. The first-order valence-corrected chi connectivity index (χ1v) is 15.7. The van der Waals surface area contributed by atoms with E-state index >= 15 is 0 Å². The number of anilines is 1. The minimum absolute atomic E-state index is 0.0528. The highest BCUT2D eigenvalue weighted by Gasteiger charge is 2.51. The van der Waals surface area contributed by atoms with Crippen molar-refractivity contribution in [2.24, 2.45) is 5.41 Å². The number of Topliss-reactive ketones (excluding diaryl/α,β-unsaturated/α-hetero) is 1. The molecule has 212 valence electrons. The molecule has 0 bridgehead atoms. The Balaban J connectivity index is 1.84. The molecule has 2 aromatic carbocycles. The van der Waals surface area contributed by atoms with Gasteiger partial charge < -0.3 is 10.4 Å². The summed E-state index contributed by atoms with van der Waals surface area (Å²) in [5.74, 6) is -1.39. The fourth-order valence-corrected chi connectivity index (χ4v) is 6.83. The third-order valence-corrected chi connectivity index (χ3v) is 8.70. The van der Waals surface area contributed by atoms with Gasteiger partial charge in [0.05, 0.1) is 23.4 Å². The maximum absolute atomic E-state index is 14.4. The molecule has 0 spiro atoms. The third kappa shape index (κ3) is 5.77. The molecule has 0 fully saturated rings. The lowest BCUT2D eigenvalue weighted by Crippen LogP contribution is -2.57. The van der Waals surface area contributed by atoms with E-state index in [1.807, 2.05) is 20.8 Å². The molecule has 13 heteroatoms. The number of nitrogens with one attached hydrogen (secondary N) is 3. The molecule has 1 aliphatic carbocycles. The molecule has 4 rings (SSSR count). The Morgan fingerprint density at radius 2 is 1.85 bits per heavy atom. The van der Waals surface area contributed by atoms with E-state index in [4.69, 9.17) is 0 Å². The lowest BCUT2D eigenvalue weighted by Gasteiger charge is -2.48. The number of hydrogen-bond acceptors (Lipinski definition) is 9. The van der Waals surface area contributed by atoms with Gasteiger partial charge in [-0.15, -0.1) is 4.83 Å². The Hall–Kier alpha value is -3.10. The Labute approximate surface area is 229 Å². The van der Waals surface area contributed by atoms with Gasteiger partial charge in [-0.3, -0.25) is 28.4 Å². The molecule has 1 amide bonds. The molecule has 0 radical (unpaired) electrons. The highest BCUT2D eigenvalue weighted by Crippen LogP contribution is 2.52. The number of aliphatic hydroxyl groups is 1. The average molecular weight is 579 g/mol. The van der Waals surface area contributed by atoms with E-state index in [0.29, 0.717) is 23.1 Å². The Morgan fingerprint density at radius 1 is 1.18 bits per heavy atom. The zero-order chi connectivity index (χ0) is 29.0. The molecule has 39 heavy (non-hydrogen) atoms. The van der Waals surface area contributed by atoms with Crippen LogP contribution in [-0.2, 0) is 31.7 Å². The summed E-state index contributed by atoms with van der Waals surface area (Å²) in [7, 11) is -7.39. The van der Waals surface area contributed by atoms with Crippen LogP contribution in [0.25, 0.3) is 5.76 Å². The summed E-state index contributed by atoms with van der Waals surface area (Å²) in [5.41, 5.74) is -0.573. The van der Waals surface area contributed by atoms with Crippen LogP contribution in [-0.4, -0.2) is 45.6 Å². The van der Waals surface area contributed by atoms with Gasteiger partial charge in [0.2, 0.25) is 21.7 Å². The number of nitrogens with zero attached hydrogens (tertiary/aromatic N) is 1. The van der Waals surface area contributed by atoms with Crippen LogP contribution in [0.15, 0.2) is 53.1 Å². The van der Waals surface area contributed by atoms with Gasteiger partial charge in [-0.2, -0.15) is 0 Å². The molecule has 1 unspecified atom stereocenters. The lowest BCUT2D eigenvalue weighted by atomic mass is 9.71. The number of rotatable bonds is 6. The van der Waals surface area contributed by atoms with E-state index < -0.39 is 38.0 Å². The van der Waals surface area contributed by atoms with Crippen molar-refractivity contribution < 1.29 is 32.2 Å². The Morgan fingerprint density at radius 3 is 2.46 bits per heavy atom. The zero-order valence-electron chi connectivity index (χ0n) is 22.4. The molecule has 6 N–H and O–H groups in total. The van der Waals surface area contributed by atoms with Crippen molar-refractivity contribution in [1.82, 2.24) is 15.2 Å². The summed E-state index contributed by atoms with van der Waals surface area (Å²) in [4.78, 5) is 29.4. The molecular weight excluding hydrogens is 544 g/mol. The van der Waals surface area contributed by atoms with Gasteiger partial charge in [0.25, 0.3) is 0 Å². The van der Waals surface area contributed by atoms with Crippen LogP contribution in [0.3, 0.4) is 0 Å². The molecule has 0 aromatic heterocycles. The van der Waals surface area contributed by atoms with Crippen molar-refractivity contribution in [3.63, 3.8) is 0 Å². The number of benzene rings is 2. The number of ketones is 1. The van der Waals surface area contributed by atoms with Crippen LogP contribution < -0.4 is 14.9 Å². The fourth-order valence-electron chi connectivity index (χ4n) is 4.93. The highest BCUT2D eigenvalue weighted by molar-refractivity contribution is 8.22. The maximum Gasteiger partial charge on any atom is 0.229 e. The smallest absolute Gasteiger partial charge is 0.229 e. The number of aliphatic hydroxyl groups excluding tert-OH is 1. The van der Waals surface area contributed by atoms with E-state index in [2.05, 4.69) is 14.9 Å². The van der Waals surface area contributed by atoms with Crippen LogP contribution in [0.2, 0.25) is 0 Å². The van der Waals surface area contributed by atoms with E-state index in [1.54, 1.807) is 24.3 Å². The molecule has 1 aliphatic heterocycles. The second kappa shape index (κ2) is 9.82. The quantitative estimate of drug-likeness (QED) is 0.296. The number of hydrogen-bond donors (Lipinski definition) is 6. The topological polar surface area (TPSA) is 168 Å². The monoisotopic (exact) mass is 578 g/mol. The molecule has 2 aliphatic rings. The van der Waals surface area contributed by atoms with Crippen molar-refractivity contribution in [3.8, 4) is 0 Å². The predicted molar refractivity (Wildman–Crippen MR) is 150 cm³/mol. The van der Waals surface area contributed by atoms with E-state index in [-0.39, 0.29) is 40.4 Å². The summed E-state index contributed by atoms with van der Waals surface area (Å²) in [6.45, 7) is 7.32. The number of sulfonamides is 1. The van der Waals surface area contributed by atoms with E-state index in [1.165, 1.54) is 30.1 Å². The van der Waals surface area contributed by atoms with Crippen molar-refractivity contribution in [2.75, 3.05) is 11.0 Å². The van der Waals surface area contributed by atoms with E-state index in [0.717, 1.165) is 6.26 Å². The number of hydrazine groups is 1. The summed E-state index contributed by atoms with van der Waals surface area (Å²) < 4.78 is 47.7. The third-order valence-electron chi connectivity index (χ3n) is 6.62. The number of carbonyl (C=O) groups excluding carboxylic acids is 2. The summed E-state index contributed by atoms with van der Waals surface area (Å²) in [6.07, 6.45) is 1.78. The zero-order valence-corrected chi connectivity index (χ0v) is 24.0. The number of amides is 1. The van der Waals surface area contributed by atoms with Crippen molar-refractivity contribution in [1.29, 1.82) is 0 Å². The predicted octanol–water partition coefficient (Wildman–Crippen LogP) is 4.07. The van der Waals surface area contributed by atoms with Gasteiger partial charge in [-0.1, -0.05) is 61.9 Å². The van der Waals surface area contributed by atoms with Crippen LogP contribution in [0, 0.1) is 5.41 Å². The largest absolute Gasteiger partial charge is 0.505 e. The lowest BCUT2D eigenvalue weighted by molar-refractivity contribution is -0.131. The molecule has 1 heterocycles. The molecule has 1 atom stereocenters. The van der Waals surface area contributed by atoms with E-state index in [9.17, 15) is 32.2 Å². The van der Waals surface area contributed by atoms with Gasteiger partial charge in [0.15, 0.2) is 5.76 Å². The van der Waals surface area contributed by atoms with Gasteiger partial charge in [0, 0.05) is 12.5 Å². The first-order valence-electron chi connectivity index (χ1n) is 12.2. The van der Waals surface area contributed by atoms with Crippen LogP contribution >= 0.6 is 10.8 Å². The first kappa shape index (κ1) is 28.9. The molecule has 0 saturated heterocycles. The number of fused-ring (bicyclic) bond motifs is 2. The summed E-state index contributed by atoms with van der Waals surface area (Å²) in [6, 6.07) is 11.1. The number of carbonyl (C=O) groups is 2. The van der Waals surface area contributed by atoms with Crippen molar-refractivity contribution >= 4 is 43.9 Å². The molecule has 0 saturated carbocycles. The fraction of sp³-hybridized carbons (Fsp3) is 0.385. The van der Waals surface area contributed by atoms with Crippen molar-refractivity contribution in [3.05, 3.63) is 64.9 Å². The molecule has 2 aromatic rings. The highest BCUT2D eigenvalue weighted by atomic mass is 32.3. The average Bonchev–Trinajstić information content (AvgIpc) is 2.79. The van der Waals surface area contributed by atoms with Gasteiger partial charge in [0.1, 0.15) is 11.2 Å². The molecular formula is C26H34N4O7S2. The molecule has 11 nitrogen and oxygen atoms in total. The van der Waals surface area contributed by atoms with Crippen LogP contribution in [0.5, 0.6) is 0 Å². The Kier molecular flexibility index (Phi) is 7.28. The normalized spacial score (nSPS) is 21.6. The second-order valence-electron chi connectivity index (χ2n) is 11.1. The standard InChI is InChI=1S/C26H34N4O7S2/c1-16(31)27-26(13-12-25(2,3)4)20-9-7-6-8-19(20)23(32)22(24(26)33)30-15-17-10-11-18(28-38(5,34)35)14-21(17)39(36,37)29-30/h6-11,14,28-29,32,36-37H,12-13,15H2,1-5H3,(H,27,31). The first-order chi connectivity index (χ1) is 17.9. The minimum atomic E-state index is -3.78. The van der Waals surface area contributed by atoms with Gasteiger partial charge in [-0.25, -0.2) is 8.42 Å². The van der Waals surface area contributed by atoms with Gasteiger partial charge in [-0.05, 0) is 41.5 Å². The second-order valence-corrected chi connectivity index (χ2v) is 14.6. The Bertz CT molecular complexity index is 1480. The van der Waals surface area contributed by atoms with Crippen LogP contribution in [0.4, 0.5) is 5.69 Å². The summed E-state index contributed by atoms with van der Waals surface area (Å²) in [5, 5.41) is 15.4. The van der Waals surface area contributed by atoms with Crippen LogP contribution in [0.1, 0.15) is 57.2 Å². The van der Waals surface area contributed by atoms with Crippen molar-refractivity contribution in [2.45, 2.75) is 57.5 Å². The maximum atomic E-state index is 14.4.